The van der Waals surface area contributed by atoms with Crippen molar-refractivity contribution in [2.24, 2.45) is 5.92 Å². The van der Waals surface area contributed by atoms with Gasteiger partial charge in [-0.1, -0.05) is 6.07 Å². The van der Waals surface area contributed by atoms with Crippen LogP contribution in [0.5, 0.6) is 0 Å². The van der Waals surface area contributed by atoms with Gasteiger partial charge in [-0.05, 0) is 31.2 Å². The molecule has 6 rings (SSSR count). The Kier molecular flexibility index (Phi) is 3.19. The van der Waals surface area contributed by atoms with E-state index in [4.69, 9.17) is 0 Å². The number of hydrogen-bond acceptors (Lipinski definition) is 4. The number of piperazine rings is 1. The van der Waals surface area contributed by atoms with Crippen LogP contribution in [0.3, 0.4) is 0 Å². The fraction of sp³-hybridized carbons (Fsp3) is 0.444. The van der Waals surface area contributed by atoms with Crippen LogP contribution in [0.2, 0.25) is 0 Å². The first-order valence-corrected chi connectivity index (χ1v) is 8.82. The molecular formula is C18H18FN5O2. The van der Waals surface area contributed by atoms with E-state index in [0.717, 1.165) is 25.2 Å². The molecule has 8 heteroatoms. The first-order valence-electron chi connectivity index (χ1n) is 8.82. The van der Waals surface area contributed by atoms with E-state index >= 15 is 0 Å². The highest BCUT2D eigenvalue weighted by atomic mass is 19.1. The summed E-state index contributed by atoms with van der Waals surface area (Å²) in [6.45, 7) is 1.07. The van der Waals surface area contributed by atoms with Crippen molar-refractivity contribution < 1.29 is 14.0 Å². The fourth-order valence-electron chi connectivity index (χ4n) is 4.38. The number of hydrogen-bond donors (Lipinski definition) is 0. The Hall–Kier alpha value is -2.77. The molecule has 0 radical (unpaired) electrons. The molecule has 0 atom stereocenters. The van der Waals surface area contributed by atoms with Gasteiger partial charge in [0.25, 0.3) is 0 Å². The summed E-state index contributed by atoms with van der Waals surface area (Å²) in [5.74, 6) is -0.667. The lowest BCUT2D eigenvalue weighted by molar-refractivity contribution is -0.186. The van der Waals surface area contributed by atoms with Gasteiger partial charge in [0.1, 0.15) is 5.82 Å². The van der Waals surface area contributed by atoms with Gasteiger partial charge in [-0.15, -0.1) is 0 Å². The van der Waals surface area contributed by atoms with E-state index in [1.165, 1.54) is 28.2 Å². The molecule has 1 aliphatic heterocycles. The summed E-state index contributed by atoms with van der Waals surface area (Å²) >= 11 is 0. The van der Waals surface area contributed by atoms with Gasteiger partial charge in [0.05, 0.1) is 18.1 Å². The van der Waals surface area contributed by atoms with Gasteiger partial charge < -0.3 is 9.80 Å². The normalized spacial score (nSPS) is 27.3. The van der Waals surface area contributed by atoms with Crippen molar-refractivity contribution in [1.29, 1.82) is 0 Å². The Balaban J connectivity index is 1.31. The lowest BCUT2D eigenvalue weighted by Crippen LogP contribution is -2.73. The molecule has 2 heterocycles. The average Bonchev–Trinajstić information content (AvgIpc) is 3.07. The van der Waals surface area contributed by atoms with E-state index in [1.54, 1.807) is 17.0 Å². The molecule has 3 aliphatic carbocycles. The van der Waals surface area contributed by atoms with Crippen molar-refractivity contribution in [3.63, 3.8) is 0 Å². The second kappa shape index (κ2) is 5.36. The molecule has 2 amide bonds. The van der Waals surface area contributed by atoms with Gasteiger partial charge in [-0.25, -0.2) is 4.39 Å². The molecule has 4 fully saturated rings. The zero-order chi connectivity index (χ0) is 17.9. The maximum absolute atomic E-state index is 14.5. The number of benzene rings is 1. The highest BCUT2D eigenvalue weighted by molar-refractivity contribution is 6.35. The third-order valence-electron chi connectivity index (χ3n) is 5.93. The van der Waals surface area contributed by atoms with Crippen LogP contribution < -0.4 is 0 Å². The summed E-state index contributed by atoms with van der Waals surface area (Å²) in [7, 11) is 0. The van der Waals surface area contributed by atoms with Crippen LogP contribution in [0.4, 0.5) is 4.39 Å². The zero-order valence-electron chi connectivity index (χ0n) is 14.1. The standard InChI is InChI=1S/C18H18FN5O2/c19-15-7-14(24-20-3-4-21-24)2-1-13(15)11-22-5-6-23(17(26)16(22)25)18-8-12(9-18)10-18/h1-4,7,12H,5-6,8-11H2. The number of halogens is 1. The molecule has 3 saturated carbocycles. The highest BCUT2D eigenvalue weighted by Crippen LogP contribution is 2.60. The molecule has 0 spiro atoms. The van der Waals surface area contributed by atoms with Gasteiger partial charge in [0.15, 0.2) is 0 Å². The molecule has 2 aromatic rings. The van der Waals surface area contributed by atoms with Gasteiger partial charge in [-0.2, -0.15) is 15.0 Å². The summed E-state index contributed by atoms with van der Waals surface area (Å²) < 4.78 is 14.5. The Bertz CT molecular complexity index is 880. The zero-order valence-corrected chi connectivity index (χ0v) is 14.1. The van der Waals surface area contributed by atoms with E-state index in [9.17, 15) is 14.0 Å². The molecule has 26 heavy (non-hydrogen) atoms. The minimum atomic E-state index is -0.529. The number of aromatic nitrogens is 3. The molecule has 134 valence electrons. The summed E-state index contributed by atoms with van der Waals surface area (Å²) in [4.78, 5) is 29.5. The van der Waals surface area contributed by atoms with E-state index < -0.39 is 17.6 Å². The van der Waals surface area contributed by atoms with E-state index in [1.807, 2.05) is 0 Å². The van der Waals surface area contributed by atoms with Gasteiger partial charge in [-0.3, -0.25) is 9.59 Å². The van der Waals surface area contributed by atoms with Crippen molar-refractivity contribution in [2.75, 3.05) is 13.1 Å². The van der Waals surface area contributed by atoms with Crippen LogP contribution >= 0.6 is 0 Å². The second-order valence-corrected chi connectivity index (χ2v) is 7.48. The fourth-order valence-corrected chi connectivity index (χ4v) is 4.38. The van der Waals surface area contributed by atoms with Crippen molar-refractivity contribution in [3.8, 4) is 5.69 Å². The Morgan fingerprint density at radius 1 is 1.08 bits per heavy atom. The van der Waals surface area contributed by atoms with Crippen LogP contribution in [0.15, 0.2) is 30.6 Å². The van der Waals surface area contributed by atoms with Crippen LogP contribution in [0, 0.1) is 11.7 Å². The molecule has 1 aromatic carbocycles. The monoisotopic (exact) mass is 355 g/mol. The Labute approximate surface area is 149 Å². The minimum Gasteiger partial charge on any atom is -0.328 e. The predicted molar refractivity (Wildman–Crippen MR) is 88.5 cm³/mol. The average molecular weight is 355 g/mol. The van der Waals surface area contributed by atoms with Crippen molar-refractivity contribution >= 4 is 11.8 Å². The van der Waals surface area contributed by atoms with Crippen LogP contribution in [-0.4, -0.2) is 55.2 Å². The number of carbonyl (C=O) groups is 2. The second-order valence-electron chi connectivity index (χ2n) is 7.48. The Morgan fingerprint density at radius 2 is 1.81 bits per heavy atom. The molecule has 4 aliphatic rings. The first kappa shape index (κ1) is 15.5. The maximum atomic E-state index is 14.5. The van der Waals surface area contributed by atoms with Crippen LogP contribution in [-0.2, 0) is 16.1 Å². The molecule has 1 aromatic heterocycles. The summed E-state index contributed by atoms with van der Waals surface area (Å²) in [6.07, 6.45) is 6.12. The molecular weight excluding hydrogens is 337 g/mol. The van der Waals surface area contributed by atoms with E-state index in [-0.39, 0.29) is 12.1 Å². The quantitative estimate of drug-likeness (QED) is 0.771. The molecule has 7 nitrogen and oxygen atoms in total. The highest BCUT2D eigenvalue weighted by Gasteiger charge is 2.62. The number of rotatable bonds is 4. The van der Waals surface area contributed by atoms with Gasteiger partial charge >= 0.3 is 11.8 Å². The number of amides is 2. The first-order chi connectivity index (χ1) is 12.6. The number of nitrogens with zero attached hydrogens (tertiary/aromatic N) is 5. The maximum Gasteiger partial charge on any atom is 0.312 e. The predicted octanol–water partition coefficient (Wildman–Crippen LogP) is 1.13. The lowest BCUT2D eigenvalue weighted by Gasteiger charge is -2.66. The molecule has 2 bridgehead atoms. The van der Waals surface area contributed by atoms with Gasteiger partial charge in [0, 0.05) is 36.8 Å². The summed E-state index contributed by atoms with van der Waals surface area (Å²) in [6, 6.07) is 4.64. The smallest absolute Gasteiger partial charge is 0.312 e. The van der Waals surface area contributed by atoms with Gasteiger partial charge in [0.2, 0.25) is 0 Å². The third-order valence-corrected chi connectivity index (χ3v) is 5.93. The van der Waals surface area contributed by atoms with Crippen molar-refractivity contribution in [2.45, 2.75) is 31.3 Å². The minimum absolute atomic E-state index is 0.0485. The topological polar surface area (TPSA) is 71.3 Å². The largest absolute Gasteiger partial charge is 0.328 e. The third kappa shape index (κ3) is 2.17. The lowest BCUT2D eigenvalue weighted by atomic mass is 9.49. The molecule has 0 N–H and O–H groups in total. The SMILES string of the molecule is O=C1C(=O)N(C23CC(C2)C3)CCN1Cc1ccc(-n2nccn2)cc1F. The van der Waals surface area contributed by atoms with Crippen molar-refractivity contribution in [1.82, 2.24) is 24.8 Å². The Morgan fingerprint density at radius 3 is 2.42 bits per heavy atom. The summed E-state index contributed by atoms with van der Waals surface area (Å²) in [5.41, 5.74) is 0.834. The molecule has 1 saturated heterocycles. The van der Waals surface area contributed by atoms with E-state index in [2.05, 4.69) is 10.2 Å². The van der Waals surface area contributed by atoms with Crippen LogP contribution in [0.1, 0.15) is 24.8 Å². The number of carbonyl (C=O) groups excluding carboxylic acids is 2. The van der Waals surface area contributed by atoms with Crippen LogP contribution in [0.25, 0.3) is 5.69 Å². The van der Waals surface area contributed by atoms with E-state index in [0.29, 0.717) is 24.3 Å². The van der Waals surface area contributed by atoms with Crippen molar-refractivity contribution in [3.05, 3.63) is 42.0 Å². The molecule has 0 unspecified atom stereocenters. The summed E-state index contributed by atoms with van der Waals surface area (Å²) in [5, 5.41) is 7.94.